The Labute approximate surface area is 127 Å². The van der Waals surface area contributed by atoms with Gasteiger partial charge in [0.05, 0.1) is 6.10 Å². The average Bonchev–Trinajstić information content (AvgIpc) is 2.48. The van der Waals surface area contributed by atoms with Crippen LogP contribution in [0.3, 0.4) is 0 Å². The van der Waals surface area contributed by atoms with E-state index in [2.05, 4.69) is 15.4 Å². The predicted octanol–water partition coefficient (Wildman–Crippen LogP) is 2.39. The Kier molecular flexibility index (Phi) is 5.94. The molecule has 0 spiro atoms. The van der Waals surface area contributed by atoms with Crippen molar-refractivity contribution >= 4 is 6.03 Å². The summed E-state index contributed by atoms with van der Waals surface area (Å²) in [5.74, 6) is 0.0542. The van der Waals surface area contributed by atoms with Crippen LogP contribution in [-0.4, -0.2) is 29.9 Å². The van der Waals surface area contributed by atoms with E-state index in [0.717, 1.165) is 12.8 Å². The molecule has 1 aliphatic carbocycles. The van der Waals surface area contributed by atoms with Crippen molar-refractivity contribution in [2.24, 2.45) is 0 Å². The first-order valence-electron chi connectivity index (χ1n) is 7.29. The Morgan fingerprint density at radius 3 is 2.64 bits per heavy atom. The first-order chi connectivity index (χ1) is 10.5. The first kappa shape index (κ1) is 16.5. The van der Waals surface area contributed by atoms with E-state index in [1.54, 1.807) is 18.2 Å². The molecule has 1 aromatic rings. The number of carbonyl (C=O) groups is 1. The van der Waals surface area contributed by atoms with Gasteiger partial charge in [0.1, 0.15) is 5.75 Å². The monoisotopic (exact) mass is 314 g/mol. The fraction of sp³-hybridized carbons (Fsp3) is 0.533. The normalized spacial score (nSPS) is 21.5. The zero-order chi connectivity index (χ0) is 15.9. The molecule has 0 heterocycles. The minimum absolute atomic E-state index is 0.0379. The largest absolute Gasteiger partial charge is 0.434 e. The van der Waals surface area contributed by atoms with Crippen molar-refractivity contribution in [2.45, 2.75) is 51.0 Å². The average molecular weight is 314 g/mol. The zero-order valence-electron chi connectivity index (χ0n) is 12.1. The lowest BCUT2D eigenvalue weighted by Gasteiger charge is -2.26. The number of ether oxygens (including phenoxy) is 1. The van der Waals surface area contributed by atoms with Crippen LogP contribution in [0.15, 0.2) is 24.3 Å². The van der Waals surface area contributed by atoms with Gasteiger partial charge in [0.15, 0.2) is 0 Å². The summed E-state index contributed by atoms with van der Waals surface area (Å²) < 4.78 is 29.0. The van der Waals surface area contributed by atoms with Crippen molar-refractivity contribution < 1.29 is 23.4 Å². The lowest BCUT2D eigenvalue weighted by Crippen LogP contribution is -2.43. The number of halogens is 2. The SMILES string of the molecule is O=C(NCc1ccccc1OC(F)F)NC1CCC(O)CC1. The molecule has 1 saturated carbocycles. The highest BCUT2D eigenvalue weighted by molar-refractivity contribution is 5.74. The number of aliphatic hydroxyl groups is 1. The third-order valence-electron chi connectivity index (χ3n) is 3.66. The summed E-state index contributed by atoms with van der Waals surface area (Å²) in [4.78, 5) is 11.8. The van der Waals surface area contributed by atoms with Crippen LogP contribution in [0.2, 0.25) is 0 Å². The zero-order valence-corrected chi connectivity index (χ0v) is 12.1. The van der Waals surface area contributed by atoms with E-state index in [1.165, 1.54) is 6.07 Å². The Balaban J connectivity index is 1.81. The molecule has 0 unspecified atom stereocenters. The molecule has 22 heavy (non-hydrogen) atoms. The fourth-order valence-corrected chi connectivity index (χ4v) is 2.49. The number of hydrogen-bond acceptors (Lipinski definition) is 3. The molecule has 0 radical (unpaired) electrons. The van der Waals surface area contributed by atoms with Crippen LogP contribution in [-0.2, 0) is 6.54 Å². The second-order valence-corrected chi connectivity index (χ2v) is 5.32. The molecular formula is C15H20F2N2O3. The molecule has 1 aromatic carbocycles. The van der Waals surface area contributed by atoms with Crippen molar-refractivity contribution in [3.05, 3.63) is 29.8 Å². The smallest absolute Gasteiger partial charge is 0.387 e. The quantitative estimate of drug-likeness (QED) is 0.781. The van der Waals surface area contributed by atoms with E-state index in [9.17, 15) is 18.7 Å². The molecule has 0 aromatic heterocycles. The second kappa shape index (κ2) is 7.93. The minimum Gasteiger partial charge on any atom is -0.434 e. The van der Waals surface area contributed by atoms with Gasteiger partial charge in [0, 0.05) is 18.2 Å². The Hall–Kier alpha value is -1.89. The number of carbonyl (C=O) groups excluding carboxylic acids is 1. The summed E-state index contributed by atoms with van der Waals surface area (Å²) in [6.45, 7) is -2.80. The van der Waals surface area contributed by atoms with E-state index in [0.29, 0.717) is 18.4 Å². The number of amides is 2. The molecule has 7 heteroatoms. The third-order valence-corrected chi connectivity index (χ3v) is 3.66. The van der Waals surface area contributed by atoms with Crippen LogP contribution in [0.25, 0.3) is 0 Å². The van der Waals surface area contributed by atoms with Crippen molar-refractivity contribution in [3.8, 4) is 5.75 Å². The van der Waals surface area contributed by atoms with Gasteiger partial charge in [-0.25, -0.2) is 4.79 Å². The van der Waals surface area contributed by atoms with Gasteiger partial charge in [-0.15, -0.1) is 0 Å². The number of urea groups is 1. The fourth-order valence-electron chi connectivity index (χ4n) is 2.49. The number of hydrogen-bond donors (Lipinski definition) is 3. The van der Waals surface area contributed by atoms with Gasteiger partial charge >= 0.3 is 12.6 Å². The molecule has 2 rings (SSSR count). The van der Waals surface area contributed by atoms with Crippen LogP contribution in [0, 0.1) is 0 Å². The van der Waals surface area contributed by atoms with E-state index in [1.807, 2.05) is 0 Å². The number of alkyl halides is 2. The summed E-state index contributed by atoms with van der Waals surface area (Å²) in [7, 11) is 0. The molecule has 3 N–H and O–H groups in total. The molecule has 5 nitrogen and oxygen atoms in total. The summed E-state index contributed by atoms with van der Waals surface area (Å²) in [6, 6.07) is 6.02. The molecular weight excluding hydrogens is 294 g/mol. The summed E-state index contributed by atoms with van der Waals surface area (Å²) in [6.07, 6.45) is 2.55. The Bertz CT molecular complexity index is 491. The number of para-hydroxylation sites is 1. The molecule has 0 saturated heterocycles. The highest BCUT2D eigenvalue weighted by atomic mass is 19.3. The van der Waals surface area contributed by atoms with E-state index < -0.39 is 6.61 Å². The summed E-state index contributed by atoms with van der Waals surface area (Å²) in [5, 5.41) is 14.9. The van der Waals surface area contributed by atoms with E-state index in [4.69, 9.17) is 0 Å². The maximum Gasteiger partial charge on any atom is 0.387 e. The van der Waals surface area contributed by atoms with Crippen molar-refractivity contribution in [1.29, 1.82) is 0 Å². The number of rotatable bonds is 5. The van der Waals surface area contributed by atoms with Gasteiger partial charge < -0.3 is 20.5 Å². The van der Waals surface area contributed by atoms with Crippen LogP contribution in [0.1, 0.15) is 31.2 Å². The lowest BCUT2D eigenvalue weighted by atomic mass is 9.93. The standard InChI is InChI=1S/C15H20F2N2O3/c16-14(17)22-13-4-2-1-3-10(13)9-18-15(21)19-11-5-7-12(20)8-6-11/h1-4,11-12,14,20H,5-9H2,(H2,18,19,21). The first-order valence-corrected chi connectivity index (χ1v) is 7.29. The maximum atomic E-state index is 12.3. The Morgan fingerprint density at radius 2 is 1.95 bits per heavy atom. The molecule has 1 aliphatic rings. The summed E-state index contributed by atoms with van der Waals surface area (Å²) >= 11 is 0. The van der Waals surface area contributed by atoms with Crippen LogP contribution < -0.4 is 15.4 Å². The van der Waals surface area contributed by atoms with Gasteiger partial charge in [0.25, 0.3) is 0 Å². The number of nitrogens with one attached hydrogen (secondary N) is 2. The molecule has 0 bridgehead atoms. The number of benzene rings is 1. The third kappa shape index (κ3) is 5.14. The highest BCUT2D eigenvalue weighted by Gasteiger charge is 2.20. The van der Waals surface area contributed by atoms with Gasteiger partial charge in [-0.2, -0.15) is 8.78 Å². The molecule has 0 atom stereocenters. The van der Waals surface area contributed by atoms with Crippen molar-refractivity contribution in [2.75, 3.05) is 0 Å². The lowest BCUT2D eigenvalue weighted by molar-refractivity contribution is -0.0504. The Morgan fingerprint density at radius 1 is 1.27 bits per heavy atom. The molecule has 1 fully saturated rings. The topological polar surface area (TPSA) is 70.6 Å². The minimum atomic E-state index is -2.90. The van der Waals surface area contributed by atoms with Gasteiger partial charge in [-0.05, 0) is 31.7 Å². The van der Waals surface area contributed by atoms with Gasteiger partial charge in [-0.3, -0.25) is 0 Å². The van der Waals surface area contributed by atoms with Gasteiger partial charge in [-0.1, -0.05) is 18.2 Å². The second-order valence-electron chi connectivity index (χ2n) is 5.32. The number of aliphatic hydroxyl groups excluding tert-OH is 1. The van der Waals surface area contributed by atoms with Crippen LogP contribution in [0.4, 0.5) is 13.6 Å². The van der Waals surface area contributed by atoms with Gasteiger partial charge in [0.2, 0.25) is 0 Å². The van der Waals surface area contributed by atoms with E-state index >= 15 is 0 Å². The van der Waals surface area contributed by atoms with Crippen molar-refractivity contribution in [1.82, 2.24) is 10.6 Å². The predicted molar refractivity (Wildman–Crippen MR) is 76.7 cm³/mol. The van der Waals surface area contributed by atoms with E-state index in [-0.39, 0.29) is 30.5 Å². The maximum absolute atomic E-state index is 12.3. The van der Waals surface area contributed by atoms with Crippen LogP contribution >= 0.6 is 0 Å². The highest BCUT2D eigenvalue weighted by Crippen LogP contribution is 2.20. The molecule has 0 aliphatic heterocycles. The molecule has 122 valence electrons. The molecule has 2 amide bonds. The summed E-state index contributed by atoms with van der Waals surface area (Å²) in [5.41, 5.74) is 0.483. The van der Waals surface area contributed by atoms with Crippen molar-refractivity contribution in [3.63, 3.8) is 0 Å². The van der Waals surface area contributed by atoms with Crippen LogP contribution in [0.5, 0.6) is 5.75 Å².